The van der Waals surface area contributed by atoms with E-state index < -0.39 is 0 Å². The fourth-order valence-electron chi connectivity index (χ4n) is 2.01. The molecule has 2 rings (SSSR count). The highest BCUT2D eigenvalue weighted by molar-refractivity contribution is 6.20. The minimum absolute atomic E-state index is 0.193. The summed E-state index contributed by atoms with van der Waals surface area (Å²) in [6.45, 7) is 2.76. The molecule has 106 valence electrons. The van der Waals surface area contributed by atoms with Gasteiger partial charge in [-0.15, -0.1) is 11.6 Å². The van der Waals surface area contributed by atoms with Gasteiger partial charge in [-0.25, -0.2) is 4.39 Å². The molecular formula is C17H18ClFO. The van der Waals surface area contributed by atoms with Crippen molar-refractivity contribution < 1.29 is 9.13 Å². The predicted molar refractivity (Wildman–Crippen MR) is 80.9 cm³/mol. The summed E-state index contributed by atoms with van der Waals surface area (Å²) in [5, 5.41) is -0.193. The largest absolute Gasteiger partial charge is 0.494 e. The maximum absolute atomic E-state index is 13.2. The first-order chi connectivity index (χ1) is 9.69. The molecule has 0 heterocycles. The van der Waals surface area contributed by atoms with Crippen LogP contribution in [0.1, 0.15) is 29.8 Å². The zero-order valence-corrected chi connectivity index (χ0v) is 12.2. The summed E-state index contributed by atoms with van der Waals surface area (Å²) in [7, 11) is 0. The van der Waals surface area contributed by atoms with Crippen molar-refractivity contribution in [3.63, 3.8) is 0 Å². The molecule has 1 atom stereocenters. The van der Waals surface area contributed by atoms with E-state index in [1.807, 2.05) is 30.3 Å². The van der Waals surface area contributed by atoms with Gasteiger partial charge in [-0.2, -0.15) is 0 Å². The third-order valence-corrected chi connectivity index (χ3v) is 3.40. The van der Waals surface area contributed by atoms with Gasteiger partial charge in [-0.05, 0) is 48.2 Å². The number of ether oxygens (including phenoxy) is 1. The van der Waals surface area contributed by atoms with E-state index in [4.69, 9.17) is 16.3 Å². The summed E-state index contributed by atoms with van der Waals surface area (Å²) < 4.78 is 18.8. The number of hydrogen-bond acceptors (Lipinski definition) is 1. The molecule has 0 aromatic heterocycles. The van der Waals surface area contributed by atoms with Crippen molar-refractivity contribution >= 4 is 11.6 Å². The summed E-state index contributed by atoms with van der Waals surface area (Å²) in [5.74, 6) is 0.598. The Bertz CT molecular complexity index is 556. The lowest BCUT2D eigenvalue weighted by Gasteiger charge is -2.12. The Labute approximate surface area is 124 Å². The maximum Gasteiger partial charge on any atom is 0.123 e. The standard InChI is InChI=1S/C17H18ClFO/c1-2-9-20-16-8-4-6-14(12-16)17(18)11-13-5-3-7-15(19)10-13/h3-8,10,12,17H,2,9,11H2,1H3. The van der Waals surface area contributed by atoms with Crippen LogP contribution in [0.4, 0.5) is 4.39 Å². The molecule has 0 fully saturated rings. The van der Waals surface area contributed by atoms with Crippen LogP contribution in [0, 0.1) is 5.82 Å². The van der Waals surface area contributed by atoms with Crippen molar-refractivity contribution in [1.82, 2.24) is 0 Å². The topological polar surface area (TPSA) is 9.23 Å². The molecule has 0 saturated carbocycles. The molecule has 0 saturated heterocycles. The number of benzene rings is 2. The van der Waals surface area contributed by atoms with Crippen LogP contribution in [0.15, 0.2) is 48.5 Å². The minimum atomic E-state index is -0.230. The fraction of sp³-hybridized carbons (Fsp3) is 0.294. The van der Waals surface area contributed by atoms with Crippen molar-refractivity contribution in [2.75, 3.05) is 6.61 Å². The van der Waals surface area contributed by atoms with E-state index in [1.54, 1.807) is 6.07 Å². The lowest BCUT2D eigenvalue weighted by molar-refractivity contribution is 0.317. The molecule has 0 aliphatic rings. The molecule has 20 heavy (non-hydrogen) atoms. The van der Waals surface area contributed by atoms with Gasteiger partial charge in [-0.3, -0.25) is 0 Å². The van der Waals surface area contributed by atoms with Crippen molar-refractivity contribution in [3.8, 4) is 5.75 Å². The first kappa shape index (κ1) is 14.9. The Morgan fingerprint density at radius 3 is 2.70 bits per heavy atom. The zero-order chi connectivity index (χ0) is 14.4. The van der Waals surface area contributed by atoms with Gasteiger partial charge in [0.25, 0.3) is 0 Å². The Balaban J connectivity index is 2.06. The highest BCUT2D eigenvalue weighted by atomic mass is 35.5. The zero-order valence-electron chi connectivity index (χ0n) is 11.5. The molecule has 0 amide bonds. The average Bonchev–Trinajstić information content (AvgIpc) is 2.45. The third-order valence-electron chi connectivity index (χ3n) is 3.00. The van der Waals surface area contributed by atoms with Crippen LogP contribution in [0.25, 0.3) is 0 Å². The summed E-state index contributed by atoms with van der Waals surface area (Å²) in [5.41, 5.74) is 1.88. The quantitative estimate of drug-likeness (QED) is 0.670. The van der Waals surface area contributed by atoms with Crippen LogP contribution in [0.5, 0.6) is 5.75 Å². The lowest BCUT2D eigenvalue weighted by atomic mass is 10.0. The minimum Gasteiger partial charge on any atom is -0.494 e. The first-order valence-corrected chi connectivity index (χ1v) is 7.24. The van der Waals surface area contributed by atoms with Gasteiger partial charge in [-0.1, -0.05) is 31.2 Å². The molecule has 0 spiro atoms. The van der Waals surface area contributed by atoms with Crippen molar-refractivity contribution in [1.29, 1.82) is 0 Å². The maximum atomic E-state index is 13.2. The summed E-state index contributed by atoms with van der Waals surface area (Å²) >= 11 is 6.42. The Morgan fingerprint density at radius 2 is 1.95 bits per heavy atom. The SMILES string of the molecule is CCCOc1cccc(C(Cl)Cc2cccc(F)c2)c1. The number of alkyl halides is 1. The van der Waals surface area contributed by atoms with Gasteiger partial charge in [0.1, 0.15) is 11.6 Å². The van der Waals surface area contributed by atoms with Gasteiger partial charge in [0.15, 0.2) is 0 Å². The normalized spacial score (nSPS) is 12.2. The molecule has 0 N–H and O–H groups in total. The molecular weight excluding hydrogens is 275 g/mol. The fourth-order valence-corrected chi connectivity index (χ4v) is 2.32. The van der Waals surface area contributed by atoms with Crippen LogP contribution in [0.3, 0.4) is 0 Å². The predicted octanol–water partition coefficient (Wildman–Crippen LogP) is 5.14. The molecule has 3 heteroatoms. The Morgan fingerprint density at radius 1 is 1.15 bits per heavy atom. The summed E-state index contributed by atoms with van der Waals surface area (Å²) in [6.07, 6.45) is 1.56. The lowest BCUT2D eigenvalue weighted by Crippen LogP contribution is -1.99. The smallest absolute Gasteiger partial charge is 0.123 e. The van der Waals surface area contributed by atoms with Crippen LogP contribution in [0.2, 0.25) is 0 Å². The molecule has 0 aliphatic carbocycles. The van der Waals surface area contributed by atoms with Crippen molar-refractivity contribution in [2.45, 2.75) is 25.1 Å². The number of halogens is 2. The van der Waals surface area contributed by atoms with Crippen molar-refractivity contribution in [3.05, 3.63) is 65.5 Å². The van der Waals surface area contributed by atoms with E-state index >= 15 is 0 Å². The Hall–Kier alpha value is -1.54. The molecule has 0 radical (unpaired) electrons. The van der Waals surface area contributed by atoms with Crippen LogP contribution in [-0.2, 0) is 6.42 Å². The van der Waals surface area contributed by atoms with E-state index in [1.165, 1.54) is 12.1 Å². The third kappa shape index (κ3) is 4.24. The van der Waals surface area contributed by atoms with Crippen LogP contribution < -0.4 is 4.74 Å². The Kier molecular flexibility index (Phi) is 5.42. The summed E-state index contributed by atoms with van der Waals surface area (Å²) in [6, 6.07) is 14.3. The summed E-state index contributed by atoms with van der Waals surface area (Å²) in [4.78, 5) is 0. The molecule has 2 aromatic rings. The van der Waals surface area contributed by atoms with E-state index in [0.29, 0.717) is 13.0 Å². The first-order valence-electron chi connectivity index (χ1n) is 6.80. The van der Waals surface area contributed by atoms with E-state index in [2.05, 4.69) is 6.92 Å². The van der Waals surface area contributed by atoms with E-state index in [-0.39, 0.29) is 11.2 Å². The van der Waals surface area contributed by atoms with Gasteiger partial charge >= 0.3 is 0 Å². The average molecular weight is 293 g/mol. The second kappa shape index (κ2) is 7.30. The number of hydrogen-bond donors (Lipinski definition) is 0. The van der Waals surface area contributed by atoms with Gasteiger partial charge in [0.2, 0.25) is 0 Å². The molecule has 1 unspecified atom stereocenters. The highest BCUT2D eigenvalue weighted by Crippen LogP contribution is 2.28. The molecule has 2 aromatic carbocycles. The van der Waals surface area contributed by atoms with Gasteiger partial charge < -0.3 is 4.74 Å². The molecule has 0 aliphatic heterocycles. The highest BCUT2D eigenvalue weighted by Gasteiger charge is 2.10. The van der Waals surface area contributed by atoms with Crippen LogP contribution >= 0.6 is 11.6 Å². The second-order valence-corrected chi connectivity index (χ2v) is 5.25. The van der Waals surface area contributed by atoms with E-state index in [9.17, 15) is 4.39 Å². The second-order valence-electron chi connectivity index (χ2n) is 4.72. The van der Waals surface area contributed by atoms with Crippen molar-refractivity contribution in [2.24, 2.45) is 0 Å². The van der Waals surface area contributed by atoms with Gasteiger partial charge in [0, 0.05) is 0 Å². The van der Waals surface area contributed by atoms with Gasteiger partial charge in [0.05, 0.1) is 12.0 Å². The molecule has 0 bridgehead atoms. The van der Waals surface area contributed by atoms with Crippen LogP contribution in [-0.4, -0.2) is 6.61 Å². The molecule has 1 nitrogen and oxygen atoms in total. The monoisotopic (exact) mass is 292 g/mol. The number of rotatable bonds is 6. The van der Waals surface area contributed by atoms with E-state index in [0.717, 1.165) is 23.3 Å².